The lowest BCUT2D eigenvalue weighted by molar-refractivity contribution is 0.760. The molecule has 0 aliphatic carbocycles. The molecule has 0 saturated heterocycles. The van der Waals surface area contributed by atoms with Gasteiger partial charge in [-0.2, -0.15) is 0 Å². The van der Waals surface area contributed by atoms with Crippen LogP contribution in [0.1, 0.15) is 13.3 Å². The van der Waals surface area contributed by atoms with Crippen LogP contribution in [0.2, 0.25) is 10.0 Å². The van der Waals surface area contributed by atoms with Crippen LogP contribution in [-0.2, 0) is 0 Å². The third-order valence-electron chi connectivity index (χ3n) is 2.57. The molecular weight excluding hydrogens is 231 g/mol. The second-order valence-electron chi connectivity index (χ2n) is 3.70. The molecule has 1 aromatic rings. The van der Waals surface area contributed by atoms with E-state index in [-0.39, 0.29) is 0 Å². The van der Waals surface area contributed by atoms with E-state index in [2.05, 4.69) is 17.1 Å². The van der Waals surface area contributed by atoms with E-state index >= 15 is 0 Å². The van der Waals surface area contributed by atoms with Crippen LogP contribution < -0.4 is 10.2 Å². The minimum absolute atomic E-state index is 0.612. The van der Waals surface area contributed by atoms with E-state index in [1.807, 2.05) is 12.1 Å². The van der Waals surface area contributed by atoms with Gasteiger partial charge in [-0.25, -0.2) is 0 Å². The molecule has 0 bridgehead atoms. The van der Waals surface area contributed by atoms with E-state index in [1.165, 1.54) is 0 Å². The molecule has 1 aliphatic rings. The highest BCUT2D eigenvalue weighted by atomic mass is 35.5. The van der Waals surface area contributed by atoms with Crippen LogP contribution in [0, 0.1) is 0 Å². The highest BCUT2D eigenvalue weighted by Crippen LogP contribution is 2.36. The first-order chi connectivity index (χ1) is 7.22. The largest absolute Gasteiger partial charge is 0.382 e. The molecule has 0 aromatic heterocycles. The van der Waals surface area contributed by atoms with Crippen LogP contribution in [-0.4, -0.2) is 19.6 Å². The number of halogens is 2. The summed E-state index contributed by atoms with van der Waals surface area (Å²) in [6, 6.07) is 3.85. The first-order valence-corrected chi connectivity index (χ1v) is 5.96. The zero-order valence-electron chi connectivity index (χ0n) is 8.69. The molecule has 82 valence electrons. The number of hydrogen-bond acceptors (Lipinski definition) is 2. The normalized spacial score (nSPS) is 14.7. The fourth-order valence-corrected chi connectivity index (χ4v) is 2.21. The number of fused-ring (bicyclic) bond motifs is 1. The lowest BCUT2D eigenvalue weighted by Gasteiger charge is -2.32. The fourth-order valence-electron chi connectivity index (χ4n) is 1.89. The third kappa shape index (κ3) is 2.16. The first-order valence-electron chi connectivity index (χ1n) is 5.20. The predicted octanol–water partition coefficient (Wildman–Crippen LogP) is 3.64. The van der Waals surface area contributed by atoms with E-state index < -0.39 is 0 Å². The van der Waals surface area contributed by atoms with Crippen molar-refractivity contribution in [3.8, 4) is 0 Å². The summed E-state index contributed by atoms with van der Waals surface area (Å²) in [6.07, 6.45) is 1.14. The van der Waals surface area contributed by atoms with Crippen molar-refractivity contribution >= 4 is 34.6 Å². The van der Waals surface area contributed by atoms with Gasteiger partial charge in [0.15, 0.2) is 0 Å². The minimum atomic E-state index is 0.612. The van der Waals surface area contributed by atoms with Crippen LogP contribution in [0.5, 0.6) is 0 Å². The molecule has 0 fully saturated rings. The molecule has 0 atom stereocenters. The molecule has 4 heteroatoms. The number of rotatable bonds is 2. The van der Waals surface area contributed by atoms with Gasteiger partial charge in [-0.15, -0.1) is 0 Å². The molecule has 1 N–H and O–H groups in total. The molecular formula is C11H14Cl2N2. The standard InChI is InChI=1S/C11H14Cl2N2/c1-2-4-15-5-3-14-10-6-8(12)9(13)7-11(10)15/h6-7,14H,2-5H2,1H3. The van der Waals surface area contributed by atoms with Crippen molar-refractivity contribution in [3.63, 3.8) is 0 Å². The summed E-state index contributed by atoms with van der Waals surface area (Å²) in [5.41, 5.74) is 2.25. The summed E-state index contributed by atoms with van der Waals surface area (Å²) < 4.78 is 0. The van der Waals surface area contributed by atoms with Gasteiger partial charge in [-0.05, 0) is 18.6 Å². The number of anilines is 2. The number of nitrogens with zero attached hydrogens (tertiary/aromatic N) is 1. The Labute approximate surface area is 100 Å². The Morgan fingerprint density at radius 2 is 2.07 bits per heavy atom. The van der Waals surface area contributed by atoms with Gasteiger partial charge in [-0.1, -0.05) is 30.1 Å². The molecule has 1 heterocycles. The molecule has 2 nitrogen and oxygen atoms in total. The lowest BCUT2D eigenvalue weighted by Crippen LogP contribution is -2.34. The fraction of sp³-hybridized carbons (Fsp3) is 0.455. The first kappa shape index (κ1) is 10.9. The SMILES string of the molecule is CCCN1CCNc2cc(Cl)c(Cl)cc21. The summed E-state index contributed by atoms with van der Waals surface area (Å²) in [7, 11) is 0. The van der Waals surface area contributed by atoms with E-state index in [0.717, 1.165) is 37.4 Å². The smallest absolute Gasteiger partial charge is 0.0618 e. The Morgan fingerprint density at radius 1 is 1.33 bits per heavy atom. The number of benzene rings is 1. The average Bonchev–Trinajstić information content (AvgIpc) is 2.21. The monoisotopic (exact) mass is 244 g/mol. The van der Waals surface area contributed by atoms with Crippen molar-refractivity contribution in [3.05, 3.63) is 22.2 Å². The second-order valence-corrected chi connectivity index (χ2v) is 4.51. The number of hydrogen-bond donors (Lipinski definition) is 1. The van der Waals surface area contributed by atoms with E-state index in [0.29, 0.717) is 10.0 Å². The quantitative estimate of drug-likeness (QED) is 0.855. The van der Waals surface area contributed by atoms with E-state index in [1.54, 1.807) is 0 Å². The topological polar surface area (TPSA) is 15.3 Å². The predicted molar refractivity (Wildman–Crippen MR) is 67.5 cm³/mol. The van der Waals surface area contributed by atoms with Crippen molar-refractivity contribution in [2.45, 2.75) is 13.3 Å². The molecule has 2 rings (SSSR count). The summed E-state index contributed by atoms with van der Waals surface area (Å²) in [6.45, 7) is 5.23. The summed E-state index contributed by atoms with van der Waals surface area (Å²) in [5.74, 6) is 0. The van der Waals surface area contributed by atoms with E-state index in [9.17, 15) is 0 Å². The van der Waals surface area contributed by atoms with Gasteiger partial charge >= 0.3 is 0 Å². The van der Waals surface area contributed by atoms with Crippen LogP contribution in [0.4, 0.5) is 11.4 Å². The van der Waals surface area contributed by atoms with Gasteiger partial charge in [0.2, 0.25) is 0 Å². The van der Waals surface area contributed by atoms with Gasteiger partial charge in [-0.3, -0.25) is 0 Å². The average molecular weight is 245 g/mol. The molecule has 1 aromatic carbocycles. The minimum Gasteiger partial charge on any atom is -0.382 e. The van der Waals surface area contributed by atoms with Gasteiger partial charge in [0.1, 0.15) is 0 Å². The van der Waals surface area contributed by atoms with Crippen LogP contribution in [0.3, 0.4) is 0 Å². The zero-order chi connectivity index (χ0) is 10.8. The zero-order valence-corrected chi connectivity index (χ0v) is 10.2. The van der Waals surface area contributed by atoms with Crippen molar-refractivity contribution in [1.82, 2.24) is 0 Å². The third-order valence-corrected chi connectivity index (χ3v) is 3.29. The Balaban J connectivity index is 2.38. The van der Waals surface area contributed by atoms with Crippen molar-refractivity contribution < 1.29 is 0 Å². The van der Waals surface area contributed by atoms with Crippen molar-refractivity contribution in [2.24, 2.45) is 0 Å². The Kier molecular flexibility index (Phi) is 3.27. The summed E-state index contributed by atoms with van der Waals surface area (Å²) >= 11 is 12.0. The Bertz CT molecular complexity index is 366. The molecule has 1 aliphatic heterocycles. The van der Waals surface area contributed by atoms with E-state index in [4.69, 9.17) is 23.2 Å². The van der Waals surface area contributed by atoms with Crippen LogP contribution in [0.25, 0.3) is 0 Å². The second kappa shape index (κ2) is 4.50. The number of nitrogens with one attached hydrogen (secondary N) is 1. The molecule has 0 saturated carbocycles. The maximum Gasteiger partial charge on any atom is 0.0618 e. The highest BCUT2D eigenvalue weighted by Gasteiger charge is 2.17. The molecule has 15 heavy (non-hydrogen) atoms. The van der Waals surface area contributed by atoms with Gasteiger partial charge in [0, 0.05) is 19.6 Å². The van der Waals surface area contributed by atoms with Gasteiger partial charge in [0.05, 0.1) is 21.4 Å². The maximum atomic E-state index is 6.02. The van der Waals surface area contributed by atoms with Gasteiger partial charge < -0.3 is 10.2 Å². The Morgan fingerprint density at radius 3 is 2.80 bits per heavy atom. The Hall–Kier alpha value is -0.600. The molecule has 0 amide bonds. The van der Waals surface area contributed by atoms with Gasteiger partial charge in [0.25, 0.3) is 0 Å². The van der Waals surface area contributed by atoms with Crippen molar-refractivity contribution in [1.29, 1.82) is 0 Å². The summed E-state index contributed by atoms with van der Waals surface area (Å²) in [4.78, 5) is 2.34. The van der Waals surface area contributed by atoms with Crippen LogP contribution >= 0.6 is 23.2 Å². The van der Waals surface area contributed by atoms with Crippen molar-refractivity contribution in [2.75, 3.05) is 29.9 Å². The highest BCUT2D eigenvalue weighted by molar-refractivity contribution is 6.42. The summed E-state index contributed by atoms with van der Waals surface area (Å²) in [5, 5.41) is 4.57. The van der Waals surface area contributed by atoms with Crippen LogP contribution in [0.15, 0.2) is 12.1 Å². The lowest BCUT2D eigenvalue weighted by atomic mass is 10.2. The molecule has 0 radical (unpaired) electrons. The molecule has 0 spiro atoms. The maximum absolute atomic E-state index is 6.02. The molecule has 0 unspecified atom stereocenters.